The Balaban J connectivity index is 2.19. The van der Waals surface area contributed by atoms with E-state index in [1.807, 2.05) is 32.0 Å². The van der Waals surface area contributed by atoms with Gasteiger partial charge in [-0.3, -0.25) is 4.79 Å². The van der Waals surface area contributed by atoms with Crippen LogP contribution < -0.4 is 0 Å². The van der Waals surface area contributed by atoms with Crippen LogP contribution in [0.5, 0.6) is 0 Å². The lowest BCUT2D eigenvalue weighted by molar-refractivity contribution is -0.120. The van der Waals surface area contributed by atoms with Crippen LogP contribution >= 0.6 is 0 Å². The van der Waals surface area contributed by atoms with Crippen molar-refractivity contribution in [2.24, 2.45) is 5.92 Å². The van der Waals surface area contributed by atoms with Gasteiger partial charge < -0.3 is 4.74 Å². The number of rotatable bonds is 3. The van der Waals surface area contributed by atoms with Crippen LogP contribution in [0.25, 0.3) is 0 Å². The van der Waals surface area contributed by atoms with Crippen molar-refractivity contribution < 1.29 is 22.7 Å². The molecule has 0 bridgehead atoms. The minimum absolute atomic E-state index is 0.0554. The number of hydrogen-bond donors (Lipinski definition) is 0. The van der Waals surface area contributed by atoms with Crippen molar-refractivity contribution in [2.75, 3.05) is 0 Å². The topological polar surface area (TPSA) is 26.3 Å². The van der Waals surface area contributed by atoms with Crippen LogP contribution in [0.15, 0.2) is 41.7 Å². The Morgan fingerprint density at radius 2 is 1.86 bits per heavy atom. The van der Waals surface area contributed by atoms with Crippen molar-refractivity contribution in [1.82, 2.24) is 0 Å². The first-order valence-electron chi connectivity index (χ1n) is 6.91. The van der Waals surface area contributed by atoms with Gasteiger partial charge in [0.05, 0.1) is 11.5 Å². The lowest BCUT2D eigenvalue weighted by atomic mass is 9.94. The molecule has 1 aliphatic carbocycles. The molecule has 0 radical (unpaired) electrons. The summed E-state index contributed by atoms with van der Waals surface area (Å²) in [4.78, 5) is 11.7. The predicted molar refractivity (Wildman–Crippen MR) is 77.1 cm³/mol. The molecule has 5 heteroatoms. The molecule has 1 unspecified atom stereocenters. The maximum atomic E-state index is 12.8. The fourth-order valence-corrected chi connectivity index (χ4v) is 2.24. The summed E-state index contributed by atoms with van der Waals surface area (Å²) in [6, 6.07) is 5.77. The third kappa shape index (κ3) is 3.59. The first kappa shape index (κ1) is 16.3. The largest absolute Gasteiger partial charge is 0.492 e. The van der Waals surface area contributed by atoms with E-state index >= 15 is 0 Å². The SMILES string of the molecule is Cc1ccc(COC2=CC(C(F)(F)F)=CC(=O)C2C)c(C)c1. The Morgan fingerprint density at radius 1 is 1.18 bits per heavy atom. The van der Waals surface area contributed by atoms with Gasteiger partial charge in [-0.25, -0.2) is 0 Å². The van der Waals surface area contributed by atoms with E-state index in [-0.39, 0.29) is 12.4 Å². The summed E-state index contributed by atoms with van der Waals surface area (Å²) in [6.45, 7) is 5.56. The normalized spacial score (nSPS) is 18.8. The monoisotopic (exact) mass is 310 g/mol. The first-order chi connectivity index (χ1) is 10.2. The lowest BCUT2D eigenvalue weighted by Crippen LogP contribution is -2.23. The zero-order chi connectivity index (χ0) is 16.5. The summed E-state index contributed by atoms with van der Waals surface area (Å²) in [6.07, 6.45) is -3.01. The number of carbonyl (C=O) groups excluding carboxylic acids is 1. The average molecular weight is 310 g/mol. The Morgan fingerprint density at radius 3 is 2.45 bits per heavy atom. The van der Waals surface area contributed by atoms with E-state index in [0.29, 0.717) is 6.08 Å². The molecule has 118 valence electrons. The van der Waals surface area contributed by atoms with Crippen LogP contribution in [0.2, 0.25) is 0 Å². The standard InChI is InChI=1S/C17H17F3O2/c1-10-4-5-13(11(2)6-10)9-22-16-8-14(17(18,19)20)7-15(21)12(16)3/h4-8,12H,9H2,1-3H3. The Hall–Kier alpha value is -2.04. The van der Waals surface area contributed by atoms with Crippen molar-refractivity contribution in [3.8, 4) is 0 Å². The molecular formula is C17H17F3O2. The molecule has 0 heterocycles. The van der Waals surface area contributed by atoms with E-state index < -0.39 is 23.5 Å². The van der Waals surface area contributed by atoms with Gasteiger partial charge in [0, 0.05) is 0 Å². The molecule has 0 saturated carbocycles. The second kappa shape index (κ2) is 5.99. The molecule has 0 fully saturated rings. The highest BCUT2D eigenvalue weighted by Gasteiger charge is 2.37. The van der Waals surface area contributed by atoms with E-state index in [1.54, 1.807) is 6.92 Å². The van der Waals surface area contributed by atoms with Crippen LogP contribution in [0.1, 0.15) is 23.6 Å². The van der Waals surface area contributed by atoms with Crippen molar-refractivity contribution in [2.45, 2.75) is 33.6 Å². The molecule has 0 N–H and O–H groups in total. The van der Waals surface area contributed by atoms with E-state index in [4.69, 9.17) is 4.74 Å². The van der Waals surface area contributed by atoms with Crippen LogP contribution in [0.4, 0.5) is 13.2 Å². The van der Waals surface area contributed by atoms with E-state index in [1.165, 1.54) is 0 Å². The number of allylic oxidation sites excluding steroid dienone is 4. The van der Waals surface area contributed by atoms with Crippen LogP contribution in [0, 0.1) is 19.8 Å². The third-order valence-electron chi connectivity index (χ3n) is 3.67. The zero-order valence-electron chi connectivity index (χ0n) is 12.6. The molecule has 0 spiro atoms. The van der Waals surface area contributed by atoms with Crippen LogP contribution in [-0.2, 0) is 16.1 Å². The molecular weight excluding hydrogens is 293 g/mol. The summed E-state index contributed by atoms with van der Waals surface area (Å²) in [5, 5.41) is 0. The Kier molecular flexibility index (Phi) is 4.44. The molecule has 1 aromatic rings. The van der Waals surface area contributed by atoms with Crippen molar-refractivity contribution >= 4 is 5.78 Å². The Bertz CT molecular complexity index is 654. The highest BCUT2D eigenvalue weighted by molar-refractivity contribution is 5.95. The molecule has 2 rings (SSSR count). The number of benzene rings is 1. The molecule has 0 amide bonds. The fourth-order valence-electron chi connectivity index (χ4n) is 2.24. The van der Waals surface area contributed by atoms with Gasteiger partial charge in [0.25, 0.3) is 0 Å². The van der Waals surface area contributed by atoms with Gasteiger partial charge in [0.15, 0.2) is 5.78 Å². The number of hydrogen-bond acceptors (Lipinski definition) is 2. The van der Waals surface area contributed by atoms with Gasteiger partial charge >= 0.3 is 6.18 Å². The zero-order valence-corrected chi connectivity index (χ0v) is 12.6. The maximum Gasteiger partial charge on any atom is 0.416 e. The quantitative estimate of drug-likeness (QED) is 0.826. The van der Waals surface area contributed by atoms with Gasteiger partial charge in [-0.05, 0) is 44.1 Å². The minimum Gasteiger partial charge on any atom is -0.492 e. The smallest absolute Gasteiger partial charge is 0.416 e. The summed E-state index contributed by atoms with van der Waals surface area (Å²) in [5.74, 6) is -1.23. The minimum atomic E-state index is -4.55. The highest BCUT2D eigenvalue weighted by atomic mass is 19.4. The van der Waals surface area contributed by atoms with E-state index in [9.17, 15) is 18.0 Å². The summed E-state index contributed by atoms with van der Waals surface area (Å²) >= 11 is 0. The number of ether oxygens (including phenoxy) is 1. The van der Waals surface area contributed by atoms with Crippen molar-refractivity contribution in [1.29, 1.82) is 0 Å². The Labute approximate surface area is 127 Å². The molecule has 0 saturated heterocycles. The average Bonchev–Trinajstić information content (AvgIpc) is 2.40. The van der Waals surface area contributed by atoms with Gasteiger partial charge in [-0.15, -0.1) is 0 Å². The highest BCUT2D eigenvalue weighted by Crippen LogP contribution is 2.33. The predicted octanol–water partition coefficient (Wildman–Crippen LogP) is 4.41. The third-order valence-corrected chi connectivity index (χ3v) is 3.67. The van der Waals surface area contributed by atoms with E-state index in [2.05, 4.69) is 0 Å². The first-order valence-corrected chi connectivity index (χ1v) is 6.91. The fraction of sp³-hybridized carbons (Fsp3) is 0.353. The van der Waals surface area contributed by atoms with Gasteiger partial charge in [0.2, 0.25) is 0 Å². The number of carbonyl (C=O) groups is 1. The molecule has 0 aliphatic heterocycles. The van der Waals surface area contributed by atoms with Crippen LogP contribution in [0.3, 0.4) is 0 Å². The van der Waals surface area contributed by atoms with Gasteiger partial charge in [-0.1, -0.05) is 23.8 Å². The molecule has 2 nitrogen and oxygen atoms in total. The molecule has 1 aliphatic rings. The number of aryl methyl sites for hydroxylation is 2. The van der Waals surface area contributed by atoms with Crippen LogP contribution in [-0.4, -0.2) is 12.0 Å². The lowest BCUT2D eigenvalue weighted by Gasteiger charge is -2.21. The second-order valence-electron chi connectivity index (χ2n) is 5.49. The maximum absolute atomic E-state index is 12.8. The molecule has 0 aromatic heterocycles. The number of alkyl halides is 3. The van der Waals surface area contributed by atoms with E-state index in [0.717, 1.165) is 22.8 Å². The molecule has 22 heavy (non-hydrogen) atoms. The summed E-state index contributed by atoms with van der Waals surface area (Å²) in [5.41, 5.74) is 2.02. The second-order valence-corrected chi connectivity index (χ2v) is 5.49. The van der Waals surface area contributed by atoms with Gasteiger partial charge in [-0.2, -0.15) is 13.2 Å². The summed E-state index contributed by atoms with van der Waals surface area (Å²) < 4.78 is 43.8. The number of halogens is 3. The van der Waals surface area contributed by atoms with Crippen molar-refractivity contribution in [3.63, 3.8) is 0 Å². The molecule has 1 aromatic carbocycles. The number of ketones is 1. The summed E-state index contributed by atoms with van der Waals surface area (Å²) in [7, 11) is 0. The van der Waals surface area contributed by atoms with Crippen molar-refractivity contribution in [3.05, 3.63) is 58.4 Å². The van der Waals surface area contributed by atoms with Gasteiger partial charge in [0.1, 0.15) is 12.4 Å². The molecule has 1 atom stereocenters.